The maximum absolute atomic E-state index is 10.3. The Morgan fingerprint density at radius 2 is 2.41 bits per heavy atom. The lowest BCUT2D eigenvalue weighted by atomic mass is 9.89. The standard InChI is InChI=1S/C13H20N2OS/c14-10-13(16)7-3-4-11(13)6-9-17-12-5-1-2-8-15-12/h1-2,5,8,11,16H,3-4,6-7,9-10,14H2. The van der Waals surface area contributed by atoms with E-state index >= 15 is 0 Å². The van der Waals surface area contributed by atoms with Crippen molar-refractivity contribution in [3.8, 4) is 0 Å². The summed E-state index contributed by atoms with van der Waals surface area (Å²) in [5, 5.41) is 11.4. The van der Waals surface area contributed by atoms with Crippen LogP contribution in [0.1, 0.15) is 25.7 Å². The highest BCUT2D eigenvalue weighted by atomic mass is 32.2. The molecule has 17 heavy (non-hydrogen) atoms. The van der Waals surface area contributed by atoms with Crippen LogP contribution < -0.4 is 5.73 Å². The summed E-state index contributed by atoms with van der Waals surface area (Å²) in [5.74, 6) is 1.37. The average molecular weight is 252 g/mol. The quantitative estimate of drug-likeness (QED) is 0.788. The van der Waals surface area contributed by atoms with Crippen molar-refractivity contribution in [3.63, 3.8) is 0 Å². The van der Waals surface area contributed by atoms with Gasteiger partial charge < -0.3 is 10.8 Å². The summed E-state index contributed by atoms with van der Waals surface area (Å²) in [6.07, 6.45) is 5.91. The number of aromatic nitrogens is 1. The Bertz CT molecular complexity index is 347. The molecule has 1 saturated carbocycles. The first-order valence-electron chi connectivity index (χ1n) is 6.21. The molecule has 2 atom stereocenters. The van der Waals surface area contributed by atoms with E-state index in [0.29, 0.717) is 12.5 Å². The highest BCUT2D eigenvalue weighted by Gasteiger charge is 2.39. The Morgan fingerprint density at radius 3 is 3.12 bits per heavy atom. The lowest BCUT2D eigenvalue weighted by Crippen LogP contribution is -2.41. The van der Waals surface area contributed by atoms with Crippen LogP contribution in [0.25, 0.3) is 0 Å². The van der Waals surface area contributed by atoms with Gasteiger partial charge in [-0.1, -0.05) is 12.5 Å². The van der Waals surface area contributed by atoms with Gasteiger partial charge in [0.15, 0.2) is 0 Å². The van der Waals surface area contributed by atoms with Crippen molar-refractivity contribution < 1.29 is 5.11 Å². The van der Waals surface area contributed by atoms with Gasteiger partial charge in [0.1, 0.15) is 0 Å². The fourth-order valence-electron chi connectivity index (χ4n) is 2.55. The fourth-order valence-corrected chi connectivity index (χ4v) is 3.47. The maximum Gasteiger partial charge on any atom is 0.0959 e. The largest absolute Gasteiger partial charge is 0.388 e. The Hall–Kier alpha value is -0.580. The summed E-state index contributed by atoms with van der Waals surface area (Å²) in [5.41, 5.74) is 5.07. The number of rotatable bonds is 5. The molecule has 1 fully saturated rings. The van der Waals surface area contributed by atoms with Crippen molar-refractivity contribution >= 4 is 11.8 Å². The molecule has 0 amide bonds. The number of nitrogens with zero attached hydrogens (tertiary/aromatic N) is 1. The zero-order chi connectivity index (χ0) is 12.1. The van der Waals surface area contributed by atoms with E-state index < -0.39 is 5.60 Å². The molecule has 4 heteroatoms. The van der Waals surface area contributed by atoms with E-state index in [2.05, 4.69) is 4.98 Å². The van der Waals surface area contributed by atoms with Gasteiger partial charge in [-0.3, -0.25) is 0 Å². The second-order valence-electron chi connectivity index (χ2n) is 4.70. The SMILES string of the molecule is NCC1(O)CCCC1CCSc1ccccn1. The minimum Gasteiger partial charge on any atom is -0.388 e. The molecule has 1 aromatic heterocycles. The van der Waals surface area contributed by atoms with Crippen molar-refractivity contribution in [2.24, 2.45) is 11.7 Å². The lowest BCUT2D eigenvalue weighted by molar-refractivity contribution is 0.0103. The van der Waals surface area contributed by atoms with Crippen LogP contribution >= 0.6 is 11.8 Å². The smallest absolute Gasteiger partial charge is 0.0959 e. The van der Waals surface area contributed by atoms with Gasteiger partial charge in [0.05, 0.1) is 10.6 Å². The van der Waals surface area contributed by atoms with E-state index in [1.165, 1.54) is 0 Å². The molecule has 0 spiro atoms. The monoisotopic (exact) mass is 252 g/mol. The van der Waals surface area contributed by atoms with E-state index in [1.807, 2.05) is 24.4 Å². The third-order valence-corrected chi connectivity index (χ3v) is 4.61. The molecule has 1 aliphatic rings. The number of hydrogen-bond donors (Lipinski definition) is 2. The van der Waals surface area contributed by atoms with E-state index in [0.717, 1.165) is 36.5 Å². The molecule has 0 aromatic carbocycles. The van der Waals surface area contributed by atoms with Gasteiger partial charge in [-0.2, -0.15) is 0 Å². The third kappa shape index (κ3) is 3.21. The van der Waals surface area contributed by atoms with Gasteiger partial charge in [-0.05, 0) is 43.1 Å². The van der Waals surface area contributed by atoms with Crippen molar-refractivity contribution in [2.45, 2.75) is 36.3 Å². The topological polar surface area (TPSA) is 59.1 Å². The molecule has 0 aliphatic heterocycles. The second-order valence-corrected chi connectivity index (χ2v) is 5.82. The molecule has 1 aliphatic carbocycles. The van der Waals surface area contributed by atoms with Crippen LogP contribution in [0.4, 0.5) is 0 Å². The van der Waals surface area contributed by atoms with Crippen LogP contribution in [-0.2, 0) is 0 Å². The van der Waals surface area contributed by atoms with E-state index in [1.54, 1.807) is 11.8 Å². The molecule has 3 N–H and O–H groups in total. The molecule has 1 aromatic rings. The Labute approximate surface area is 107 Å². The normalized spacial score (nSPS) is 28.5. The first-order valence-corrected chi connectivity index (χ1v) is 7.19. The van der Waals surface area contributed by atoms with Crippen LogP contribution in [0.15, 0.2) is 29.4 Å². The van der Waals surface area contributed by atoms with Gasteiger partial charge in [0.2, 0.25) is 0 Å². The molecule has 2 rings (SSSR count). The number of nitrogens with two attached hydrogens (primary N) is 1. The number of hydrogen-bond acceptors (Lipinski definition) is 4. The van der Waals surface area contributed by atoms with E-state index in [9.17, 15) is 5.11 Å². The zero-order valence-corrected chi connectivity index (χ0v) is 10.8. The Balaban J connectivity index is 1.79. The van der Waals surface area contributed by atoms with Gasteiger partial charge in [-0.15, -0.1) is 11.8 Å². The predicted molar refractivity (Wildman–Crippen MR) is 70.9 cm³/mol. The number of pyridine rings is 1. The lowest BCUT2D eigenvalue weighted by Gasteiger charge is -2.28. The average Bonchev–Trinajstić information content (AvgIpc) is 2.73. The molecule has 0 bridgehead atoms. The third-order valence-electron chi connectivity index (χ3n) is 3.63. The Morgan fingerprint density at radius 1 is 1.53 bits per heavy atom. The summed E-state index contributed by atoms with van der Waals surface area (Å²) < 4.78 is 0. The molecule has 0 radical (unpaired) electrons. The second kappa shape index (κ2) is 5.85. The van der Waals surface area contributed by atoms with Gasteiger partial charge in [0.25, 0.3) is 0 Å². The van der Waals surface area contributed by atoms with Crippen molar-refractivity contribution in [2.75, 3.05) is 12.3 Å². The number of thioether (sulfide) groups is 1. The first kappa shape index (κ1) is 12.9. The van der Waals surface area contributed by atoms with Crippen LogP contribution in [0.3, 0.4) is 0 Å². The van der Waals surface area contributed by atoms with Crippen molar-refractivity contribution in [3.05, 3.63) is 24.4 Å². The van der Waals surface area contributed by atoms with Crippen LogP contribution in [-0.4, -0.2) is 28.0 Å². The minimum atomic E-state index is -0.606. The molecular weight excluding hydrogens is 232 g/mol. The molecule has 1 heterocycles. The van der Waals surface area contributed by atoms with E-state index in [-0.39, 0.29) is 0 Å². The molecule has 94 valence electrons. The molecule has 0 saturated heterocycles. The predicted octanol–water partition coefficient (Wildman–Crippen LogP) is 2.05. The summed E-state index contributed by atoms with van der Waals surface area (Å²) in [7, 11) is 0. The summed E-state index contributed by atoms with van der Waals surface area (Å²) >= 11 is 1.76. The fraction of sp³-hybridized carbons (Fsp3) is 0.615. The summed E-state index contributed by atoms with van der Waals surface area (Å²) in [6.45, 7) is 0.395. The molecular formula is C13H20N2OS. The first-order chi connectivity index (χ1) is 8.24. The zero-order valence-electron chi connectivity index (χ0n) is 10.0. The van der Waals surface area contributed by atoms with Gasteiger partial charge >= 0.3 is 0 Å². The van der Waals surface area contributed by atoms with Crippen LogP contribution in [0.5, 0.6) is 0 Å². The van der Waals surface area contributed by atoms with Gasteiger partial charge in [-0.25, -0.2) is 4.98 Å². The van der Waals surface area contributed by atoms with Crippen molar-refractivity contribution in [1.29, 1.82) is 0 Å². The van der Waals surface area contributed by atoms with Crippen LogP contribution in [0, 0.1) is 5.92 Å². The van der Waals surface area contributed by atoms with Gasteiger partial charge in [0, 0.05) is 12.7 Å². The molecule has 3 nitrogen and oxygen atoms in total. The van der Waals surface area contributed by atoms with E-state index in [4.69, 9.17) is 5.73 Å². The Kier molecular flexibility index (Phi) is 4.42. The number of aliphatic hydroxyl groups is 1. The summed E-state index contributed by atoms with van der Waals surface area (Å²) in [6, 6.07) is 5.95. The highest BCUT2D eigenvalue weighted by Crippen LogP contribution is 2.38. The van der Waals surface area contributed by atoms with Crippen LogP contribution in [0.2, 0.25) is 0 Å². The van der Waals surface area contributed by atoms with Crippen molar-refractivity contribution in [1.82, 2.24) is 4.98 Å². The summed E-state index contributed by atoms with van der Waals surface area (Å²) in [4.78, 5) is 4.28. The minimum absolute atomic E-state index is 0.365. The maximum atomic E-state index is 10.3. The molecule has 2 unspecified atom stereocenters. The highest BCUT2D eigenvalue weighted by molar-refractivity contribution is 7.99.